The number of nitrogens with one attached hydrogen (secondary N) is 2. The summed E-state index contributed by atoms with van der Waals surface area (Å²) < 4.78 is 41.2. The van der Waals surface area contributed by atoms with Crippen molar-refractivity contribution in [2.24, 2.45) is 0 Å². The maximum Gasteiger partial charge on any atom is 0.177 e. The van der Waals surface area contributed by atoms with Gasteiger partial charge >= 0.3 is 0 Å². The monoisotopic (exact) mass is 456 g/mol. The van der Waals surface area contributed by atoms with E-state index in [2.05, 4.69) is 38.9 Å². The molecule has 0 saturated carbocycles. The Morgan fingerprint density at radius 2 is 1.67 bits per heavy atom. The molecule has 174 valence electrons. The number of piperazine rings is 1. The van der Waals surface area contributed by atoms with E-state index in [1.54, 1.807) is 31.3 Å². The fourth-order valence-corrected chi connectivity index (χ4v) is 4.46. The molecule has 3 heterocycles. The van der Waals surface area contributed by atoms with Crippen molar-refractivity contribution >= 4 is 27.6 Å². The lowest BCUT2D eigenvalue weighted by Crippen LogP contribution is -2.49. The Bertz CT molecular complexity index is 1320. The Morgan fingerprint density at radius 3 is 2.33 bits per heavy atom. The maximum absolute atomic E-state index is 15.5. The number of nitrogens with zero attached hydrogens (tertiary/aromatic N) is 4. The Labute approximate surface area is 189 Å². The molecule has 1 fully saturated rings. The molecule has 1 aliphatic rings. The van der Waals surface area contributed by atoms with Crippen molar-refractivity contribution in [2.75, 3.05) is 45.3 Å². The molecule has 0 spiro atoms. The van der Waals surface area contributed by atoms with Crippen molar-refractivity contribution in [3.8, 4) is 23.0 Å². The minimum absolute atomic E-state index is 0.0257. The average molecular weight is 456 g/mol. The van der Waals surface area contributed by atoms with Gasteiger partial charge in [0.15, 0.2) is 29.0 Å². The zero-order chi connectivity index (χ0) is 23.3. The molecule has 0 radical (unpaired) electrons. The normalized spacial score (nSPS) is 15.2. The van der Waals surface area contributed by atoms with Gasteiger partial charge in [-0.2, -0.15) is 5.10 Å². The standard InChI is InChI=1S/C23H26F2N6O2/c1-12(2)30-5-7-31(8-6-30)22-14(24)10-16-21(19(22)25)27-23(26-16)20-13-9-17(32-3)18(33-4)11-15(13)28-29-20/h9-12H,5-8H2,1-4H3,(H,26,27)(H,28,29). The number of aromatic nitrogens is 4. The van der Waals surface area contributed by atoms with Crippen LogP contribution in [-0.4, -0.2) is 71.5 Å². The van der Waals surface area contributed by atoms with Crippen LogP contribution in [0, 0.1) is 11.6 Å². The molecule has 0 amide bonds. The number of H-pyrrole nitrogens is 2. The molecule has 4 aromatic rings. The van der Waals surface area contributed by atoms with Crippen LogP contribution in [0.3, 0.4) is 0 Å². The van der Waals surface area contributed by atoms with Crippen LogP contribution in [0.1, 0.15) is 13.8 Å². The van der Waals surface area contributed by atoms with Gasteiger partial charge in [-0.3, -0.25) is 10.00 Å². The van der Waals surface area contributed by atoms with E-state index < -0.39 is 11.6 Å². The van der Waals surface area contributed by atoms with E-state index >= 15 is 8.78 Å². The van der Waals surface area contributed by atoms with Gasteiger partial charge in [-0.05, 0) is 19.9 Å². The third-order valence-electron chi connectivity index (χ3n) is 6.30. The van der Waals surface area contributed by atoms with E-state index in [4.69, 9.17) is 9.47 Å². The summed E-state index contributed by atoms with van der Waals surface area (Å²) in [5, 5.41) is 7.99. The van der Waals surface area contributed by atoms with Crippen LogP contribution in [0.5, 0.6) is 11.5 Å². The van der Waals surface area contributed by atoms with Gasteiger partial charge in [0.05, 0.1) is 25.3 Å². The van der Waals surface area contributed by atoms with Crippen LogP contribution < -0.4 is 14.4 Å². The number of benzene rings is 2. The highest BCUT2D eigenvalue weighted by atomic mass is 19.1. The van der Waals surface area contributed by atoms with Crippen LogP contribution >= 0.6 is 0 Å². The lowest BCUT2D eigenvalue weighted by molar-refractivity contribution is 0.208. The molecule has 0 unspecified atom stereocenters. The number of hydrogen-bond donors (Lipinski definition) is 2. The molecular formula is C23H26F2N6O2. The highest BCUT2D eigenvalue weighted by Gasteiger charge is 2.27. The molecule has 1 aliphatic heterocycles. The van der Waals surface area contributed by atoms with Gasteiger partial charge in [0.2, 0.25) is 0 Å². The Kier molecular flexibility index (Phi) is 5.32. The second-order valence-electron chi connectivity index (χ2n) is 8.44. The van der Waals surface area contributed by atoms with Gasteiger partial charge in [-0.25, -0.2) is 13.8 Å². The number of imidazole rings is 1. The van der Waals surface area contributed by atoms with E-state index in [0.717, 1.165) is 18.5 Å². The summed E-state index contributed by atoms with van der Waals surface area (Å²) in [7, 11) is 3.10. The molecule has 33 heavy (non-hydrogen) atoms. The maximum atomic E-state index is 15.5. The topological polar surface area (TPSA) is 82.3 Å². The van der Waals surface area contributed by atoms with Crippen LogP contribution in [0.4, 0.5) is 14.5 Å². The third kappa shape index (κ3) is 3.54. The lowest BCUT2D eigenvalue weighted by atomic mass is 10.2. The highest BCUT2D eigenvalue weighted by Crippen LogP contribution is 2.37. The van der Waals surface area contributed by atoms with E-state index in [1.165, 1.54) is 6.07 Å². The Balaban J connectivity index is 1.55. The van der Waals surface area contributed by atoms with Crippen molar-refractivity contribution in [2.45, 2.75) is 19.9 Å². The minimum atomic E-state index is -0.662. The number of methoxy groups -OCH3 is 2. The predicted octanol–water partition coefficient (Wildman–Crippen LogP) is 3.93. The van der Waals surface area contributed by atoms with Gasteiger partial charge in [-0.15, -0.1) is 0 Å². The number of anilines is 1. The van der Waals surface area contributed by atoms with E-state index in [-0.39, 0.29) is 16.7 Å². The number of aromatic amines is 2. The molecule has 2 aromatic heterocycles. The number of rotatable bonds is 5. The largest absolute Gasteiger partial charge is 0.493 e. The van der Waals surface area contributed by atoms with Gasteiger partial charge in [0.1, 0.15) is 16.9 Å². The second-order valence-corrected chi connectivity index (χ2v) is 8.44. The predicted molar refractivity (Wildman–Crippen MR) is 123 cm³/mol. The van der Waals surface area contributed by atoms with Gasteiger partial charge in [-0.1, -0.05) is 0 Å². The van der Waals surface area contributed by atoms with Crippen molar-refractivity contribution < 1.29 is 18.3 Å². The summed E-state index contributed by atoms with van der Waals surface area (Å²) in [5.74, 6) is 0.156. The Hall–Kier alpha value is -3.40. The first kappa shape index (κ1) is 21.4. The van der Waals surface area contributed by atoms with Crippen LogP contribution in [0.2, 0.25) is 0 Å². The van der Waals surface area contributed by atoms with Gasteiger partial charge in [0, 0.05) is 49.7 Å². The number of halogens is 2. The van der Waals surface area contributed by atoms with Gasteiger partial charge in [0.25, 0.3) is 0 Å². The molecule has 2 aromatic carbocycles. The first-order valence-electron chi connectivity index (χ1n) is 10.9. The zero-order valence-corrected chi connectivity index (χ0v) is 19.0. The molecule has 5 rings (SSSR count). The summed E-state index contributed by atoms with van der Waals surface area (Å²) in [6.45, 7) is 6.87. The second kappa shape index (κ2) is 8.18. The quantitative estimate of drug-likeness (QED) is 0.474. The Morgan fingerprint density at radius 1 is 0.970 bits per heavy atom. The summed E-state index contributed by atoms with van der Waals surface area (Å²) in [6.07, 6.45) is 0. The highest BCUT2D eigenvalue weighted by molar-refractivity contribution is 5.95. The van der Waals surface area contributed by atoms with Crippen LogP contribution in [0.25, 0.3) is 33.5 Å². The first-order chi connectivity index (χ1) is 15.9. The summed E-state index contributed by atoms with van der Waals surface area (Å²) >= 11 is 0. The SMILES string of the molecule is COc1cc2[nH]nc(-c3nc4c(F)c(N5CCN(C(C)C)CC5)c(F)cc4[nH]3)c2cc1OC. The fraction of sp³-hybridized carbons (Fsp3) is 0.391. The van der Waals surface area contributed by atoms with E-state index in [0.29, 0.717) is 47.7 Å². The summed E-state index contributed by atoms with van der Waals surface area (Å²) in [4.78, 5) is 11.5. The lowest BCUT2D eigenvalue weighted by Gasteiger charge is -2.38. The molecule has 2 N–H and O–H groups in total. The molecular weight excluding hydrogens is 430 g/mol. The molecule has 1 saturated heterocycles. The number of hydrogen-bond acceptors (Lipinski definition) is 6. The summed E-state index contributed by atoms with van der Waals surface area (Å²) in [5.41, 5.74) is 1.53. The smallest absolute Gasteiger partial charge is 0.177 e. The number of fused-ring (bicyclic) bond motifs is 2. The molecule has 8 nitrogen and oxygen atoms in total. The fourth-order valence-electron chi connectivity index (χ4n) is 4.46. The third-order valence-corrected chi connectivity index (χ3v) is 6.30. The molecule has 0 bridgehead atoms. The van der Waals surface area contributed by atoms with Crippen molar-refractivity contribution in [1.29, 1.82) is 0 Å². The minimum Gasteiger partial charge on any atom is -0.493 e. The van der Waals surface area contributed by atoms with Gasteiger partial charge < -0.3 is 19.4 Å². The van der Waals surface area contributed by atoms with E-state index in [1.807, 2.05) is 0 Å². The number of ether oxygens (including phenoxy) is 2. The van der Waals surface area contributed by atoms with Crippen molar-refractivity contribution in [1.82, 2.24) is 25.1 Å². The molecule has 0 aliphatic carbocycles. The van der Waals surface area contributed by atoms with Crippen molar-refractivity contribution in [3.05, 3.63) is 29.8 Å². The molecule has 0 atom stereocenters. The summed E-state index contributed by atoms with van der Waals surface area (Å²) in [6, 6.07) is 5.25. The average Bonchev–Trinajstić information content (AvgIpc) is 3.42. The molecule has 10 heteroatoms. The van der Waals surface area contributed by atoms with Crippen LogP contribution in [0.15, 0.2) is 18.2 Å². The van der Waals surface area contributed by atoms with E-state index in [9.17, 15) is 0 Å². The van der Waals surface area contributed by atoms with Crippen LogP contribution in [-0.2, 0) is 0 Å². The van der Waals surface area contributed by atoms with Crippen molar-refractivity contribution in [3.63, 3.8) is 0 Å². The first-order valence-corrected chi connectivity index (χ1v) is 10.9. The zero-order valence-electron chi connectivity index (χ0n) is 19.0.